The van der Waals surface area contributed by atoms with Crippen molar-refractivity contribution < 1.29 is 19.0 Å². The Kier molecular flexibility index (Phi) is 5.00. The number of ether oxygens (including phenoxy) is 3. The van der Waals surface area contributed by atoms with E-state index in [-0.39, 0.29) is 18.1 Å². The number of hydrogen-bond acceptors (Lipinski definition) is 5. The molecule has 2 atom stereocenters. The van der Waals surface area contributed by atoms with Crippen molar-refractivity contribution in [2.24, 2.45) is 0 Å². The Morgan fingerprint density at radius 2 is 2.33 bits per heavy atom. The number of rotatable bonds is 6. The molecule has 1 amide bonds. The van der Waals surface area contributed by atoms with Crippen LogP contribution < -0.4 is 14.8 Å². The van der Waals surface area contributed by atoms with Gasteiger partial charge in [-0.1, -0.05) is 0 Å². The summed E-state index contributed by atoms with van der Waals surface area (Å²) in [6.45, 7) is 5.30. The van der Waals surface area contributed by atoms with E-state index in [1.807, 2.05) is 26.0 Å². The van der Waals surface area contributed by atoms with Crippen LogP contribution in [0.5, 0.6) is 11.5 Å². The van der Waals surface area contributed by atoms with Crippen molar-refractivity contribution in [2.45, 2.75) is 26.0 Å². The summed E-state index contributed by atoms with van der Waals surface area (Å²) >= 11 is 0. The van der Waals surface area contributed by atoms with Gasteiger partial charge in [0.25, 0.3) is 5.91 Å². The lowest BCUT2D eigenvalue weighted by atomic mass is 10.1. The number of aryl methyl sites for hydroxylation is 1. The fourth-order valence-electron chi connectivity index (χ4n) is 2.62. The molecule has 0 saturated carbocycles. The van der Waals surface area contributed by atoms with E-state index in [2.05, 4.69) is 15.5 Å². The Balaban J connectivity index is 1.64. The Morgan fingerprint density at radius 3 is 3.04 bits per heavy atom. The minimum atomic E-state index is -0.240. The van der Waals surface area contributed by atoms with Gasteiger partial charge in [0.15, 0.2) is 5.75 Å². The van der Waals surface area contributed by atoms with Gasteiger partial charge in [-0.15, -0.1) is 0 Å². The largest absolute Gasteiger partial charge is 0.494 e. The first kappa shape index (κ1) is 16.3. The molecule has 0 unspecified atom stereocenters. The van der Waals surface area contributed by atoms with Gasteiger partial charge in [-0.2, -0.15) is 5.10 Å². The number of H-pyrrole nitrogens is 1. The first-order valence-electron chi connectivity index (χ1n) is 7.95. The molecule has 128 valence electrons. The molecule has 1 saturated heterocycles. The number of benzene rings is 1. The SMILES string of the molecule is CCOc1ccc(C(=O)N[C@H]2COC[C@H]2Oc2cn[nH]c2)cc1C. The zero-order valence-electron chi connectivity index (χ0n) is 13.7. The third kappa shape index (κ3) is 3.68. The molecule has 1 aliphatic rings. The summed E-state index contributed by atoms with van der Waals surface area (Å²) in [4.78, 5) is 12.5. The maximum absolute atomic E-state index is 12.5. The van der Waals surface area contributed by atoms with E-state index >= 15 is 0 Å². The van der Waals surface area contributed by atoms with Crippen LogP contribution in [0.2, 0.25) is 0 Å². The van der Waals surface area contributed by atoms with E-state index in [9.17, 15) is 4.79 Å². The normalized spacial score (nSPS) is 19.9. The molecular weight excluding hydrogens is 310 g/mol. The molecule has 7 nitrogen and oxygen atoms in total. The van der Waals surface area contributed by atoms with Gasteiger partial charge in [0.2, 0.25) is 0 Å². The second kappa shape index (κ2) is 7.35. The number of hydrogen-bond donors (Lipinski definition) is 2. The van der Waals surface area contributed by atoms with Crippen LogP contribution in [0.15, 0.2) is 30.6 Å². The molecule has 3 rings (SSSR count). The van der Waals surface area contributed by atoms with E-state index in [0.29, 0.717) is 31.1 Å². The molecule has 1 fully saturated rings. The van der Waals surface area contributed by atoms with Gasteiger partial charge in [-0.25, -0.2) is 0 Å². The number of aromatic amines is 1. The number of carbonyl (C=O) groups is 1. The smallest absolute Gasteiger partial charge is 0.251 e. The average Bonchev–Trinajstić information content (AvgIpc) is 3.22. The zero-order valence-corrected chi connectivity index (χ0v) is 13.7. The zero-order chi connectivity index (χ0) is 16.9. The molecule has 2 aromatic rings. The highest BCUT2D eigenvalue weighted by Gasteiger charge is 2.32. The van der Waals surface area contributed by atoms with Crippen LogP contribution >= 0.6 is 0 Å². The van der Waals surface area contributed by atoms with Crippen LogP contribution in [0, 0.1) is 6.92 Å². The third-order valence-corrected chi connectivity index (χ3v) is 3.84. The van der Waals surface area contributed by atoms with Gasteiger partial charge in [-0.3, -0.25) is 9.89 Å². The summed E-state index contributed by atoms with van der Waals surface area (Å²) in [6.07, 6.45) is 3.01. The summed E-state index contributed by atoms with van der Waals surface area (Å²) in [5.41, 5.74) is 1.52. The summed E-state index contributed by atoms with van der Waals surface area (Å²) in [5, 5.41) is 9.51. The predicted octanol–water partition coefficient (Wildman–Crippen LogP) is 1.69. The van der Waals surface area contributed by atoms with Crippen molar-refractivity contribution in [1.29, 1.82) is 0 Å². The minimum absolute atomic E-state index is 0.155. The summed E-state index contributed by atoms with van der Waals surface area (Å²) < 4.78 is 16.7. The van der Waals surface area contributed by atoms with Crippen molar-refractivity contribution in [1.82, 2.24) is 15.5 Å². The Hall–Kier alpha value is -2.54. The van der Waals surface area contributed by atoms with Crippen LogP contribution in [0.3, 0.4) is 0 Å². The molecule has 24 heavy (non-hydrogen) atoms. The number of nitrogens with one attached hydrogen (secondary N) is 2. The highest BCUT2D eigenvalue weighted by Crippen LogP contribution is 2.20. The van der Waals surface area contributed by atoms with Gasteiger partial charge in [0.05, 0.1) is 38.3 Å². The maximum atomic E-state index is 12.5. The molecule has 0 spiro atoms. The molecule has 7 heteroatoms. The lowest BCUT2D eigenvalue weighted by Crippen LogP contribution is -2.45. The van der Waals surface area contributed by atoms with Crippen molar-refractivity contribution in [2.75, 3.05) is 19.8 Å². The topological polar surface area (TPSA) is 85.5 Å². The Labute approximate surface area is 140 Å². The maximum Gasteiger partial charge on any atom is 0.251 e. The highest BCUT2D eigenvalue weighted by atomic mass is 16.5. The van der Waals surface area contributed by atoms with E-state index in [4.69, 9.17) is 14.2 Å². The van der Waals surface area contributed by atoms with Gasteiger partial charge < -0.3 is 19.5 Å². The van der Waals surface area contributed by atoms with Crippen molar-refractivity contribution in [3.05, 3.63) is 41.7 Å². The number of amides is 1. The highest BCUT2D eigenvalue weighted by molar-refractivity contribution is 5.94. The molecule has 2 N–H and O–H groups in total. The van der Waals surface area contributed by atoms with E-state index in [0.717, 1.165) is 11.3 Å². The van der Waals surface area contributed by atoms with E-state index in [1.54, 1.807) is 18.5 Å². The number of carbonyl (C=O) groups excluding carboxylic acids is 1. The van der Waals surface area contributed by atoms with Crippen molar-refractivity contribution in [3.8, 4) is 11.5 Å². The number of nitrogens with zero attached hydrogens (tertiary/aromatic N) is 1. The monoisotopic (exact) mass is 331 g/mol. The lowest BCUT2D eigenvalue weighted by molar-refractivity contribution is 0.0904. The van der Waals surface area contributed by atoms with Crippen LogP contribution in [0.25, 0.3) is 0 Å². The summed E-state index contributed by atoms with van der Waals surface area (Å²) in [6, 6.07) is 5.19. The molecule has 2 heterocycles. The molecule has 0 aliphatic carbocycles. The van der Waals surface area contributed by atoms with Crippen molar-refractivity contribution >= 4 is 5.91 Å². The van der Waals surface area contributed by atoms with Gasteiger partial charge in [0.1, 0.15) is 11.9 Å². The van der Waals surface area contributed by atoms with Crippen LogP contribution in [-0.2, 0) is 4.74 Å². The summed E-state index contributed by atoms with van der Waals surface area (Å²) in [5.74, 6) is 1.26. The fraction of sp³-hybridized carbons (Fsp3) is 0.412. The average molecular weight is 331 g/mol. The standard InChI is InChI=1S/C17H21N3O4/c1-3-23-15-5-4-12(6-11(15)2)17(21)20-14-9-22-10-16(14)24-13-7-18-19-8-13/h4-8,14,16H,3,9-10H2,1-2H3,(H,18,19)(H,20,21)/t14-,16+/m0/s1. The summed E-state index contributed by atoms with van der Waals surface area (Å²) in [7, 11) is 0. The van der Waals surface area contributed by atoms with E-state index < -0.39 is 0 Å². The predicted molar refractivity (Wildman–Crippen MR) is 87.4 cm³/mol. The van der Waals surface area contributed by atoms with Gasteiger partial charge in [0, 0.05) is 5.56 Å². The van der Waals surface area contributed by atoms with Crippen LogP contribution in [0.1, 0.15) is 22.8 Å². The third-order valence-electron chi connectivity index (χ3n) is 3.84. The van der Waals surface area contributed by atoms with Crippen LogP contribution in [0.4, 0.5) is 0 Å². The quantitative estimate of drug-likeness (QED) is 0.841. The fourth-order valence-corrected chi connectivity index (χ4v) is 2.62. The first-order valence-corrected chi connectivity index (χ1v) is 7.95. The van der Waals surface area contributed by atoms with Gasteiger partial charge in [-0.05, 0) is 37.6 Å². The molecule has 0 radical (unpaired) electrons. The molecule has 1 aliphatic heterocycles. The molecule has 1 aromatic carbocycles. The Bertz CT molecular complexity index is 687. The molecule has 1 aromatic heterocycles. The van der Waals surface area contributed by atoms with Crippen LogP contribution in [-0.4, -0.2) is 48.1 Å². The minimum Gasteiger partial charge on any atom is -0.494 e. The molecular formula is C17H21N3O4. The number of aromatic nitrogens is 2. The van der Waals surface area contributed by atoms with Crippen molar-refractivity contribution in [3.63, 3.8) is 0 Å². The second-order valence-corrected chi connectivity index (χ2v) is 5.62. The van der Waals surface area contributed by atoms with E-state index in [1.165, 1.54) is 0 Å². The van der Waals surface area contributed by atoms with Gasteiger partial charge >= 0.3 is 0 Å². The Morgan fingerprint density at radius 1 is 1.46 bits per heavy atom. The first-order chi connectivity index (χ1) is 11.7. The second-order valence-electron chi connectivity index (χ2n) is 5.62. The lowest BCUT2D eigenvalue weighted by Gasteiger charge is -2.20. The molecule has 0 bridgehead atoms.